The van der Waals surface area contributed by atoms with Gasteiger partial charge in [0.25, 0.3) is 0 Å². The molecular weight excluding hydrogens is 644 g/mol. The molecule has 10 atom stereocenters. The standard InChI is InChI=1S/C35H46O14/c1-17-24(40)15-34(32(6,7)43)27(17)28(49-30(41)22-12-10-9-11-13-22)29(48-21(5)39)33(8)26(47-20(4)38)14-25(46-19(3)37)23(16-45-18(2)36)35(33,44)31(34)42/h9-13,23-26,28-29,31,40,42-44H,14-16H2,1-8H3/t23-,24-,25+,26+,28+,29+,31+,33+,34-,35+/m0/s1. The number of esters is 5. The van der Waals surface area contributed by atoms with E-state index in [4.69, 9.17) is 23.7 Å². The van der Waals surface area contributed by atoms with E-state index in [-0.39, 0.29) is 23.1 Å². The lowest BCUT2D eigenvalue weighted by atomic mass is 9.49. The van der Waals surface area contributed by atoms with Crippen LogP contribution in [0.4, 0.5) is 0 Å². The van der Waals surface area contributed by atoms with Crippen LogP contribution in [0.3, 0.4) is 0 Å². The second-order valence-electron chi connectivity index (χ2n) is 14.0. The maximum Gasteiger partial charge on any atom is 0.338 e. The number of aliphatic hydroxyl groups excluding tert-OH is 2. The number of fused-ring (bicyclic) bond motifs is 2. The maximum atomic E-state index is 13.9. The fraction of sp³-hybridized carbons (Fsp3) is 0.629. The molecule has 4 rings (SSSR count). The molecule has 4 N–H and O–H groups in total. The van der Waals surface area contributed by atoms with Gasteiger partial charge in [-0.15, -0.1) is 0 Å². The Morgan fingerprint density at radius 2 is 1.45 bits per heavy atom. The molecular formula is C35H46O14. The smallest absolute Gasteiger partial charge is 0.338 e. The van der Waals surface area contributed by atoms with Gasteiger partial charge in [0.2, 0.25) is 0 Å². The van der Waals surface area contributed by atoms with Gasteiger partial charge < -0.3 is 44.1 Å². The minimum Gasteiger partial charge on any atom is -0.465 e. The summed E-state index contributed by atoms with van der Waals surface area (Å²) in [7, 11) is 0. The fourth-order valence-electron chi connectivity index (χ4n) is 8.46. The second kappa shape index (κ2) is 13.5. The molecule has 3 aliphatic carbocycles. The van der Waals surface area contributed by atoms with Crippen LogP contribution < -0.4 is 0 Å². The summed E-state index contributed by atoms with van der Waals surface area (Å²) < 4.78 is 28.9. The summed E-state index contributed by atoms with van der Waals surface area (Å²) in [4.78, 5) is 64.2. The third kappa shape index (κ3) is 6.24. The summed E-state index contributed by atoms with van der Waals surface area (Å²) in [6.07, 6.45) is -10.7. The molecule has 0 heterocycles. The van der Waals surface area contributed by atoms with E-state index in [1.807, 2.05) is 0 Å². The van der Waals surface area contributed by atoms with Gasteiger partial charge in [-0.1, -0.05) is 18.2 Å². The molecule has 14 heteroatoms. The molecule has 49 heavy (non-hydrogen) atoms. The topological polar surface area (TPSA) is 212 Å². The lowest BCUT2D eigenvalue weighted by Crippen LogP contribution is -2.77. The van der Waals surface area contributed by atoms with Crippen molar-refractivity contribution < 1.29 is 68.1 Å². The first-order valence-corrected chi connectivity index (χ1v) is 16.1. The van der Waals surface area contributed by atoms with E-state index >= 15 is 0 Å². The van der Waals surface area contributed by atoms with Crippen molar-refractivity contribution in [3.63, 3.8) is 0 Å². The third-order valence-electron chi connectivity index (χ3n) is 10.7. The first kappa shape index (κ1) is 38.0. The minimum atomic E-state index is -2.76. The van der Waals surface area contributed by atoms with Gasteiger partial charge in [-0.3, -0.25) is 19.2 Å². The molecule has 1 aromatic rings. The molecule has 2 fully saturated rings. The van der Waals surface area contributed by atoms with Crippen molar-refractivity contribution in [2.45, 2.75) is 116 Å². The van der Waals surface area contributed by atoms with E-state index in [1.165, 1.54) is 39.8 Å². The number of hydrogen-bond donors (Lipinski definition) is 4. The van der Waals surface area contributed by atoms with E-state index in [2.05, 4.69) is 0 Å². The molecule has 0 amide bonds. The lowest BCUT2D eigenvalue weighted by Gasteiger charge is -2.62. The van der Waals surface area contributed by atoms with Crippen LogP contribution in [0.5, 0.6) is 0 Å². The summed E-state index contributed by atoms with van der Waals surface area (Å²) in [5, 5.41) is 49.9. The van der Waals surface area contributed by atoms with Gasteiger partial charge in [0.15, 0.2) is 12.2 Å². The Kier molecular flexibility index (Phi) is 10.4. The van der Waals surface area contributed by atoms with Crippen molar-refractivity contribution in [1.29, 1.82) is 0 Å². The van der Waals surface area contributed by atoms with Crippen molar-refractivity contribution in [1.82, 2.24) is 0 Å². The Morgan fingerprint density at radius 1 is 0.878 bits per heavy atom. The summed E-state index contributed by atoms with van der Waals surface area (Å²) in [5.41, 5.74) is -8.81. The Labute approximate surface area is 284 Å². The van der Waals surface area contributed by atoms with Crippen LogP contribution in [0.15, 0.2) is 41.5 Å². The summed E-state index contributed by atoms with van der Waals surface area (Å²) >= 11 is 0. The second-order valence-corrected chi connectivity index (χ2v) is 14.0. The largest absolute Gasteiger partial charge is 0.465 e. The molecule has 0 spiro atoms. The van der Waals surface area contributed by atoms with E-state index in [9.17, 15) is 44.4 Å². The van der Waals surface area contributed by atoms with Crippen LogP contribution in [-0.2, 0) is 42.9 Å². The van der Waals surface area contributed by atoms with Gasteiger partial charge in [-0.05, 0) is 57.4 Å². The Balaban J connectivity index is 2.19. The predicted octanol–water partition coefficient (Wildman–Crippen LogP) is 1.54. The van der Waals surface area contributed by atoms with E-state index in [0.29, 0.717) is 0 Å². The number of aliphatic hydroxyl groups is 4. The van der Waals surface area contributed by atoms with Crippen LogP contribution in [0.1, 0.15) is 78.6 Å². The molecule has 1 aromatic carbocycles. The van der Waals surface area contributed by atoms with E-state index in [0.717, 1.165) is 27.7 Å². The van der Waals surface area contributed by atoms with Crippen molar-refractivity contribution in [2.75, 3.05) is 6.61 Å². The summed E-state index contributed by atoms with van der Waals surface area (Å²) in [6, 6.07) is 7.81. The highest BCUT2D eigenvalue weighted by molar-refractivity contribution is 5.89. The Hall–Kier alpha value is -3.85. The molecule has 0 saturated heterocycles. The molecule has 14 nitrogen and oxygen atoms in total. The maximum absolute atomic E-state index is 13.9. The number of carbonyl (C=O) groups is 5. The zero-order chi connectivity index (χ0) is 36.9. The number of hydrogen-bond acceptors (Lipinski definition) is 14. The monoisotopic (exact) mass is 690 g/mol. The van der Waals surface area contributed by atoms with Crippen molar-refractivity contribution in [2.24, 2.45) is 16.7 Å². The van der Waals surface area contributed by atoms with Crippen LogP contribution in [0, 0.1) is 16.7 Å². The van der Waals surface area contributed by atoms with Crippen molar-refractivity contribution in [3.8, 4) is 0 Å². The van der Waals surface area contributed by atoms with Gasteiger partial charge in [0.1, 0.15) is 24.4 Å². The predicted molar refractivity (Wildman–Crippen MR) is 168 cm³/mol. The minimum absolute atomic E-state index is 0.0311. The Morgan fingerprint density at radius 3 is 1.96 bits per heavy atom. The normalized spacial score (nSPS) is 35.6. The van der Waals surface area contributed by atoms with Crippen LogP contribution >= 0.6 is 0 Å². The molecule has 0 aliphatic heterocycles. The zero-order valence-corrected chi connectivity index (χ0v) is 28.9. The number of ether oxygens (including phenoxy) is 5. The highest BCUT2D eigenvalue weighted by Gasteiger charge is 2.80. The molecule has 2 saturated carbocycles. The summed E-state index contributed by atoms with van der Waals surface area (Å²) in [5.74, 6) is -5.80. The number of carbonyl (C=O) groups excluding carboxylic acids is 5. The Bertz CT molecular complexity index is 1510. The molecule has 0 bridgehead atoms. The highest BCUT2D eigenvalue weighted by Crippen LogP contribution is 2.67. The first-order chi connectivity index (χ1) is 22.6. The van der Waals surface area contributed by atoms with Crippen LogP contribution in [-0.4, -0.2) is 105 Å². The molecule has 270 valence electrons. The van der Waals surface area contributed by atoms with Gasteiger partial charge in [0, 0.05) is 34.1 Å². The number of rotatable bonds is 8. The highest BCUT2D eigenvalue weighted by atomic mass is 16.6. The molecule has 3 aliphatic rings. The van der Waals surface area contributed by atoms with Gasteiger partial charge in [-0.25, -0.2) is 4.79 Å². The van der Waals surface area contributed by atoms with Gasteiger partial charge in [-0.2, -0.15) is 0 Å². The SMILES string of the molecule is CC(=O)OC[C@H]1[C@H](OC(C)=O)C[C@@H](OC(C)=O)[C@]2(C)[C@H](OC(C)=O)[C@H](OC(=O)c3ccccc3)C3=C(C)[C@@H](O)C[C@@]3(C(C)(C)O)[C@@H](O)[C@]12O. The quantitative estimate of drug-likeness (QED) is 0.173. The van der Waals surface area contributed by atoms with Crippen molar-refractivity contribution in [3.05, 3.63) is 47.0 Å². The molecule has 0 unspecified atom stereocenters. The fourth-order valence-corrected chi connectivity index (χ4v) is 8.46. The third-order valence-corrected chi connectivity index (χ3v) is 10.7. The van der Waals surface area contributed by atoms with E-state index < -0.39 is 107 Å². The average Bonchev–Trinajstić information content (AvgIpc) is 3.24. The molecule has 0 radical (unpaired) electrons. The van der Waals surface area contributed by atoms with Crippen molar-refractivity contribution >= 4 is 29.8 Å². The van der Waals surface area contributed by atoms with Crippen LogP contribution in [0.2, 0.25) is 0 Å². The number of benzene rings is 1. The average molecular weight is 691 g/mol. The first-order valence-electron chi connectivity index (χ1n) is 16.1. The van der Waals surface area contributed by atoms with E-state index in [1.54, 1.807) is 18.2 Å². The lowest BCUT2D eigenvalue weighted by molar-refractivity contribution is -0.316. The van der Waals surface area contributed by atoms with Gasteiger partial charge >= 0.3 is 29.8 Å². The van der Waals surface area contributed by atoms with Crippen LogP contribution in [0.25, 0.3) is 0 Å². The zero-order valence-electron chi connectivity index (χ0n) is 28.9. The summed E-state index contributed by atoms with van der Waals surface area (Å²) in [6.45, 7) is 9.22. The van der Waals surface area contributed by atoms with Gasteiger partial charge in [0.05, 0.1) is 40.1 Å². The molecule has 0 aromatic heterocycles.